The fourth-order valence-corrected chi connectivity index (χ4v) is 5.56. The third kappa shape index (κ3) is 6.17. The number of hydrogen-bond acceptors (Lipinski definition) is 3. The summed E-state index contributed by atoms with van der Waals surface area (Å²) in [5.41, 5.74) is 0.0400. The number of amides is 1. The molecule has 1 heterocycles. The highest BCUT2D eigenvalue weighted by Gasteiger charge is 2.43. The molecule has 5 rings (SSSR count). The van der Waals surface area contributed by atoms with Crippen molar-refractivity contribution in [3.05, 3.63) is 87.7 Å². The predicted molar refractivity (Wildman–Crippen MR) is 145 cm³/mol. The van der Waals surface area contributed by atoms with Gasteiger partial charge in [0.2, 0.25) is 0 Å². The highest BCUT2D eigenvalue weighted by molar-refractivity contribution is 5.76. The zero-order chi connectivity index (χ0) is 31.4. The Kier molecular flexibility index (Phi) is 7.89. The third-order valence-corrected chi connectivity index (χ3v) is 8.08. The van der Waals surface area contributed by atoms with Gasteiger partial charge in [-0.15, -0.1) is 0 Å². The number of alkyl halides is 6. The van der Waals surface area contributed by atoms with Gasteiger partial charge in [0.05, 0.1) is 30.8 Å². The molecule has 2 atom stereocenters. The number of carbonyl (C=O) groups excluding carboxylic acids is 1. The maximum absolute atomic E-state index is 14.8. The highest BCUT2D eigenvalue weighted by atomic mass is 19.4. The van der Waals surface area contributed by atoms with Crippen molar-refractivity contribution in [1.29, 1.82) is 0 Å². The second kappa shape index (κ2) is 11.1. The second-order valence-corrected chi connectivity index (χ2v) is 11.4. The molecule has 2 fully saturated rings. The van der Waals surface area contributed by atoms with Crippen molar-refractivity contribution in [3.8, 4) is 16.9 Å². The van der Waals surface area contributed by atoms with E-state index >= 15 is 0 Å². The van der Waals surface area contributed by atoms with Gasteiger partial charge < -0.3 is 9.47 Å². The summed E-state index contributed by atoms with van der Waals surface area (Å²) in [5, 5.41) is 0. The second-order valence-electron chi connectivity index (χ2n) is 11.4. The minimum absolute atomic E-state index is 0.0415. The van der Waals surface area contributed by atoms with Crippen LogP contribution in [0.3, 0.4) is 0 Å². The molecule has 1 saturated heterocycles. The first-order chi connectivity index (χ1) is 20.1. The molecule has 1 unspecified atom stereocenters. The molecule has 1 saturated carbocycles. The van der Waals surface area contributed by atoms with Crippen molar-refractivity contribution in [2.45, 2.75) is 76.5 Å². The molecule has 0 radical (unpaired) electrons. The van der Waals surface area contributed by atoms with Gasteiger partial charge in [-0.2, -0.15) is 26.3 Å². The van der Waals surface area contributed by atoms with E-state index in [0.717, 1.165) is 18.4 Å². The molecule has 0 N–H and O–H groups in total. The lowest BCUT2D eigenvalue weighted by molar-refractivity contribution is -0.143. The number of rotatable bonds is 7. The van der Waals surface area contributed by atoms with Gasteiger partial charge in [0.15, 0.2) is 0 Å². The van der Waals surface area contributed by atoms with E-state index in [1.54, 1.807) is 6.07 Å². The number of halogens is 7. The van der Waals surface area contributed by atoms with E-state index in [1.807, 2.05) is 32.0 Å². The number of benzene rings is 3. The monoisotopic (exact) mass is 609 g/mol. The van der Waals surface area contributed by atoms with Gasteiger partial charge in [-0.05, 0) is 83.7 Å². The van der Waals surface area contributed by atoms with Crippen LogP contribution in [-0.2, 0) is 23.6 Å². The van der Waals surface area contributed by atoms with Crippen LogP contribution >= 0.6 is 0 Å². The molecule has 1 amide bonds. The summed E-state index contributed by atoms with van der Waals surface area (Å²) < 4.78 is 107. The Bertz CT molecular complexity index is 1510. The number of ether oxygens (including phenoxy) is 2. The minimum atomic E-state index is -5.04. The van der Waals surface area contributed by atoms with Crippen LogP contribution in [-0.4, -0.2) is 24.1 Å². The van der Waals surface area contributed by atoms with Crippen molar-refractivity contribution in [3.63, 3.8) is 0 Å². The summed E-state index contributed by atoms with van der Waals surface area (Å²) in [6, 6.07) is 9.08. The molecule has 0 aromatic heterocycles. The molecule has 1 aliphatic carbocycles. The standard InChI is InChI=1S/C32H30F7NO3/c1-16(2)25-13-26(28(42-4)14-27(25)33)24-8-7-19(18-5-6-18)9-21(24)15-40-17(3)29(43-30(40)41)20-10-22(31(34,35)36)12-23(11-20)32(37,38)39/h7-14,16-18,29H,5-6,15H2,1-4H3/t17-,29?/m0/s1. The van der Waals surface area contributed by atoms with Gasteiger partial charge >= 0.3 is 18.4 Å². The summed E-state index contributed by atoms with van der Waals surface area (Å²) >= 11 is 0. The number of cyclic esters (lactones) is 1. The van der Waals surface area contributed by atoms with E-state index in [-0.39, 0.29) is 24.3 Å². The maximum Gasteiger partial charge on any atom is 0.416 e. The molecular weight excluding hydrogens is 579 g/mol. The number of nitrogens with zero attached hydrogens (tertiary/aromatic N) is 1. The van der Waals surface area contributed by atoms with Crippen LogP contribution < -0.4 is 4.74 Å². The lowest BCUT2D eigenvalue weighted by Crippen LogP contribution is -2.31. The normalized spacial score (nSPS) is 19.3. The molecule has 43 heavy (non-hydrogen) atoms. The van der Waals surface area contributed by atoms with Crippen LogP contribution in [0.1, 0.15) is 84.9 Å². The summed E-state index contributed by atoms with van der Waals surface area (Å²) in [4.78, 5) is 14.4. The number of carbonyl (C=O) groups is 1. The quantitative estimate of drug-likeness (QED) is 0.251. The van der Waals surface area contributed by atoms with Gasteiger partial charge in [0.1, 0.15) is 17.7 Å². The lowest BCUT2D eigenvalue weighted by Gasteiger charge is -2.24. The highest BCUT2D eigenvalue weighted by Crippen LogP contribution is 2.45. The Morgan fingerprint density at radius 1 is 0.907 bits per heavy atom. The van der Waals surface area contributed by atoms with E-state index < -0.39 is 53.1 Å². The molecular formula is C32H30F7NO3. The average molecular weight is 610 g/mol. The molecule has 4 nitrogen and oxygen atoms in total. The van der Waals surface area contributed by atoms with Crippen LogP contribution in [0, 0.1) is 5.82 Å². The van der Waals surface area contributed by atoms with Crippen molar-refractivity contribution in [1.82, 2.24) is 4.90 Å². The van der Waals surface area contributed by atoms with Gasteiger partial charge in [-0.25, -0.2) is 9.18 Å². The van der Waals surface area contributed by atoms with Crippen molar-refractivity contribution in [2.24, 2.45) is 0 Å². The van der Waals surface area contributed by atoms with Crippen molar-refractivity contribution in [2.75, 3.05) is 7.11 Å². The Balaban J connectivity index is 1.55. The summed E-state index contributed by atoms with van der Waals surface area (Å²) in [5.74, 6) is 0.0597. The zero-order valence-electron chi connectivity index (χ0n) is 23.9. The average Bonchev–Trinajstić information content (AvgIpc) is 3.74. The molecule has 0 spiro atoms. The van der Waals surface area contributed by atoms with E-state index in [0.29, 0.717) is 40.3 Å². The first-order valence-electron chi connectivity index (χ1n) is 13.9. The van der Waals surface area contributed by atoms with Crippen molar-refractivity contribution < 1.29 is 45.0 Å². The third-order valence-electron chi connectivity index (χ3n) is 8.08. The molecule has 11 heteroatoms. The first kappa shape index (κ1) is 30.7. The Hall–Kier alpha value is -3.76. The summed E-state index contributed by atoms with van der Waals surface area (Å²) in [7, 11) is 1.42. The molecule has 1 aliphatic heterocycles. The van der Waals surface area contributed by atoms with Gasteiger partial charge in [-0.3, -0.25) is 4.90 Å². The predicted octanol–water partition coefficient (Wildman–Crippen LogP) is 9.62. The number of hydrogen-bond donors (Lipinski definition) is 0. The molecule has 3 aromatic carbocycles. The Morgan fingerprint density at radius 3 is 2.07 bits per heavy atom. The zero-order valence-corrected chi connectivity index (χ0v) is 23.9. The van der Waals surface area contributed by atoms with E-state index in [1.165, 1.54) is 25.0 Å². The smallest absolute Gasteiger partial charge is 0.416 e. The Labute approximate surface area is 244 Å². The topological polar surface area (TPSA) is 38.8 Å². The van der Waals surface area contributed by atoms with Crippen LogP contribution in [0.2, 0.25) is 0 Å². The fraction of sp³-hybridized carbons (Fsp3) is 0.406. The van der Waals surface area contributed by atoms with E-state index in [2.05, 4.69) is 0 Å². The van der Waals surface area contributed by atoms with Gasteiger partial charge in [0, 0.05) is 11.6 Å². The summed E-state index contributed by atoms with van der Waals surface area (Å²) in [6.45, 7) is 5.18. The van der Waals surface area contributed by atoms with Crippen LogP contribution in [0.15, 0.2) is 48.5 Å². The molecule has 3 aromatic rings. The van der Waals surface area contributed by atoms with Crippen LogP contribution in [0.4, 0.5) is 35.5 Å². The maximum atomic E-state index is 14.8. The van der Waals surface area contributed by atoms with Crippen molar-refractivity contribution >= 4 is 6.09 Å². The van der Waals surface area contributed by atoms with Gasteiger partial charge in [-0.1, -0.05) is 32.0 Å². The largest absolute Gasteiger partial charge is 0.496 e. The minimum Gasteiger partial charge on any atom is -0.496 e. The molecule has 0 bridgehead atoms. The lowest BCUT2D eigenvalue weighted by atomic mass is 9.91. The fourth-order valence-electron chi connectivity index (χ4n) is 5.56. The van der Waals surface area contributed by atoms with Gasteiger partial charge in [0.25, 0.3) is 0 Å². The molecule has 230 valence electrons. The first-order valence-corrected chi connectivity index (χ1v) is 13.9. The Morgan fingerprint density at radius 2 is 1.53 bits per heavy atom. The SMILES string of the molecule is COc1cc(F)c(C(C)C)cc1-c1ccc(C2CC2)cc1CN1C(=O)OC(c2cc(C(F)(F)F)cc(C(F)(F)F)c2)[C@@H]1C. The molecule has 2 aliphatic rings. The van der Waals surface area contributed by atoms with E-state index in [4.69, 9.17) is 9.47 Å². The van der Waals surface area contributed by atoms with Crippen LogP contribution in [0.25, 0.3) is 11.1 Å². The number of methoxy groups -OCH3 is 1. The summed E-state index contributed by atoms with van der Waals surface area (Å²) in [6.07, 6.45) is -10.3. The van der Waals surface area contributed by atoms with E-state index in [9.17, 15) is 35.5 Å². The van der Waals surface area contributed by atoms with Crippen LogP contribution in [0.5, 0.6) is 5.75 Å².